The van der Waals surface area contributed by atoms with Crippen LogP contribution in [0.1, 0.15) is 23.1 Å². The molecule has 5 nitrogen and oxygen atoms in total. The monoisotopic (exact) mass is 555 g/mol. The molecule has 0 aliphatic carbocycles. The second kappa shape index (κ2) is 11.3. The molecule has 1 saturated heterocycles. The third kappa shape index (κ3) is 6.58. The van der Waals surface area contributed by atoms with Gasteiger partial charge in [0, 0.05) is 23.1 Å². The van der Waals surface area contributed by atoms with Gasteiger partial charge in [0.1, 0.15) is 0 Å². The fourth-order valence-electron chi connectivity index (χ4n) is 4.23. The third-order valence-electron chi connectivity index (χ3n) is 6.50. The van der Waals surface area contributed by atoms with Crippen LogP contribution in [-0.2, 0) is 14.8 Å². The highest BCUT2D eigenvalue weighted by molar-refractivity contribution is 7.89. The lowest BCUT2D eigenvalue weighted by atomic mass is 9.78. The SMILES string of the molecule is Cc1ccc(S(=O)(=O)N2CC[C@@](O)(/C=C/c3ccc(Cl)cc3)[C@H](C(=O)/C=C/c3ccc(Cl)cc3)C2)cc1. The van der Waals surface area contributed by atoms with E-state index >= 15 is 0 Å². The number of aliphatic hydroxyl groups is 1. The normalized spacial score (nSPS) is 21.0. The van der Waals surface area contributed by atoms with E-state index in [1.807, 2.05) is 6.92 Å². The van der Waals surface area contributed by atoms with Crippen LogP contribution in [0.4, 0.5) is 0 Å². The minimum absolute atomic E-state index is 0.0629. The molecule has 2 atom stereocenters. The number of benzene rings is 3. The molecule has 3 aromatic rings. The van der Waals surface area contributed by atoms with E-state index in [0.717, 1.165) is 16.7 Å². The van der Waals surface area contributed by atoms with E-state index in [4.69, 9.17) is 23.2 Å². The summed E-state index contributed by atoms with van der Waals surface area (Å²) in [6.45, 7) is 1.80. The van der Waals surface area contributed by atoms with Crippen molar-refractivity contribution in [1.29, 1.82) is 0 Å². The van der Waals surface area contributed by atoms with Crippen molar-refractivity contribution in [2.45, 2.75) is 23.8 Å². The molecular weight excluding hydrogens is 529 g/mol. The fourth-order valence-corrected chi connectivity index (χ4v) is 5.93. The maximum atomic E-state index is 13.4. The first-order valence-corrected chi connectivity index (χ1v) is 14.0. The molecule has 0 bridgehead atoms. The molecule has 1 N–H and O–H groups in total. The Kier molecular flexibility index (Phi) is 8.36. The van der Waals surface area contributed by atoms with E-state index in [9.17, 15) is 18.3 Å². The number of halogens is 2. The Hall–Kier alpha value is -2.74. The molecule has 1 fully saturated rings. The molecule has 1 aliphatic rings. The van der Waals surface area contributed by atoms with Crippen molar-refractivity contribution in [3.05, 3.63) is 112 Å². The van der Waals surface area contributed by atoms with E-state index in [2.05, 4.69) is 0 Å². The van der Waals surface area contributed by atoms with Gasteiger partial charge in [-0.25, -0.2) is 8.42 Å². The molecule has 192 valence electrons. The van der Waals surface area contributed by atoms with Crippen molar-refractivity contribution >= 4 is 51.2 Å². The van der Waals surface area contributed by atoms with E-state index in [0.29, 0.717) is 10.0 Å². The van der Waals surface area contributed by atoms with E-state index in [-0.39, 0.29) is 30.2 Å². The largest absolute Gasteiger partial charge is 0.385 e. The molecule has 0 saturated carbocycles. The summed E-state index contributed by atoms with van der Waals surface area (Å²) in [5.74, 6) is -1.38. The summed E-state index contributed by atoms with van der Waals surface area (Å²) in [5.41, 5.74) is 0.966. The van der Waals surface area contributed by atoms with Gasteiger partial charge in [-0.15, -0.1) is 0 Å². The summed E-state index contributed by atoms with van der Waals surface area (Å²) in [6.07, 6.45) is 6.40. The smallest absolute Gasteiger partial charge is 0.243 e. The van der Waals surface area contributed by atoms with Crippen molar-refractivity contribution in [1.82, 2.24) is 4.31 Å². The molecule has 4 rings (SSSR count). The van der Waals surface area contributed by atoms with Crippen molar-refractivity contribution in [3.8, 4) is 0 Å². The molecule has 37 heavy (non-hydrogen) atoms. The number of rotatable bonds is 7. The minimum Gasteiger partial charge on any atom is -0.385 e. The van der Waals surface area contributed by atoms with Gasteiger partial charge < -0.3 is 5.11 Å². The number of hydrogen-bond donors (Lipinski definition) is 1. The van der Waals surface area contributed by atoms with Crippen LogP contribution in [0.5, 0.6) is 0 Å². The van der Waals surface area contributed by atoms with Crippen LogP contribution in [-0.4, -0.2) is 42.3 Å². The van der Waals surface area contributed by atoms with Gasteiger partial charge in [-0.05, 0) is 66.9 Å². The Morgan fingerprint density at radius 2 is 1.46 bits per heavy atom. The number of allylic oxidation sites excluding steroid dienone is 1. The minimum atomic E-state index is -3.85. The van der Waals surface area contributed by atoms with E-state index in [1.54, 1.807) is 91.0 Å². The Balaban J connectivity index is 1.64. The zero-order valence-electron chi connectivity index (χ0n) is 20.2. The molecular formula is C29H27Cl2NO4S. The van der Waals surface area contributed by atoms with Crippen molar-refractivity contribution in [2.75, 3.05) is 13.1 Å². The first-order valence-electron chi connectivity index (χ1n) is 11.8. The quantitative estimate of drug-likeness (QED) is 0.360. The molecule has 3 aromatic carbocycles. The number of piperidine rings is 1. The van der Waals surface area contributed by atoms with E-state index in [1.165, 1.54) is 10.4 Å². The fraction of sp³-hybridized carbons (Fsp3) is 0.207. The van der Waals surface area contributed by atoms with Gasteiger partial charge in [0.15, 0.2) is 5.78 Å². The number of carbonyl (C=O) groups is 1. The van der Waals surface area contributed by atoms with Crippen LogP contribution in [0.2, 0.25) is 10.0 Å². The number of nitrogens with zero attached hydrogens (tertiary/aromatic N) is 1. The zero-order chi connectivity index (χ0) is 26.6. The Bertz CT molecular complexity index is 1420. The van der Waals surface area contributed by atoms with Gasteiger partial charge in [-0.1, -0.05) is 83.4 Å². The van der Waals surface area contributed by atoms with Crippen LogP contribution in [0, 0.1) is 12.8 Å². The first-order chi connectivity index (χ1) is 17.6. The Morgan fingerprint density at radius 3 is 2.03 bits per heavy atom. The second-order valence-electron chi connectivity index (χ2n) is 9.14. The third-order valence-corrected chi connectivity index (χ3v) is 8.88. The lowest BCUT2D eigenvalue weighted by molar-refractivity contribution is -0.127. The van der Waals surface area contributed by atoms with Crippen molar-refractivity contribution < 1.29 is 18.3 Å². The number of hydrogen-bond acceptors (Lipinski definition) is 4. The average molecular weight is 557 g/mol. The predicted molar refractivity (Wildman–Crippen MR) is 149 cm³/mol. The van der Waals surface area contributed by atoms with Crippen LogP contribution < -0.4 is 0 Å². The van der Waals surface area contributed by atoms with Gasteiger partial charge in [-0.3, -0.25) is 4.79 Å². The topological polar surface area (TPSA) is 74.7 Å². The van der Waals surface area contributed by atoms with Crippen molar-refractivity contribution in [2.24, 2.45) is 5.92 Å². The molecule has 0 amide bonds. The number of sulfonamides is 1. The lowest BCUT2D eigenvalue weighted by Gasteiger charge is -2.41. The van der Waals surface area contributed by atoms with Gasteiger partial charge in [0.2, 0.25) is 10.0 Å². The number of aryl methyl sites for hydroxylation is 1. The van der Waals surface area contributed by atoms with E-state index < -0.39 is 21.5 Å². The molecule has 0 spiro atoms. The Labute approximate surface area is 227 Å². The summed E-state index contributed by atoms with van der Waals surface area (Å²) in [4.78, 5) is 13.6. The lowest BCUT2D eigenvalue weighted by Crippen LogP contribution is -2.54. The number of carbonyl (C=O) groups excluding carboxylic acids is 1. The average Bonchev–Trinajstić information content (AvgIpc) is 2.88. The van der Waals surface area contributed by atoms with Crippen LogP contribution in [0.15, 0.2) is 89.8 Å². The van der Waals surface area contributed by atoms with Crippen LogP contribution >= 0.6 is 23.2 Å². The van der Waals surface area contributed by atoms with Gasteiger partial charge in [-0.2, -0.15) is 4.31 Å². The summed E-state index contributed by atoms with van der Waals surface area (Å²) < 4.78 is 28.0. The number of ketones is 1. The van der Waals surface area contributed by atoms with Gasteiger partial charge >= 0.3 is 0 Å². The Morgan fingerprint density at radius 1 is 0.919 bits per heavy atom. The maximum absolute atomic E-state index is 13.4. The molecule has 0 radical (unpaired) electrons. The summed E-state index contributed by atoms with van der Waals surface area (Å²) in [6, 6.07) is 20.6. The summed E-state index contributed by atoms with van der Waals surface area (Å²) in [7, 11) is -3.85. The summed E-state index contributed by atoms with van der Waals surface area (Å²) in [5, 5.41) is 12.8. The summed E-state index contributed by atoms with van der Waals surface area (Å²) >= 11 is 11.9. The van der Waals surface area contributed by atoms with Crippen LogP contribution in [0.3, 0.4) is 0 Å². The highest BCUT2D eigenvalue weighted by Gasteiger charge is 2.46. The predicted octanol–water partition coefficient (Wildman–Crippen LogP) is 6.04. The molecule has 1 heterocycles. The van der Waals surface area contributed by atoms with Gasteiger partial charge in [0.05, 0.1) is 16.4 Å². The molecule has 0 unspecified atom stereocenters. The second-order valence-corrected chi connectivity index (χ2v) is 12.0. The van der Waals surface area contributed by atoms with Crippen molar-refractivity contribution in [3.63, 3.8) is 0 Å². The highest BCUT2D eigenvalue weighted by atomic mass is 35.5. The van der Waals surface area contributed by atoms with Gasteiger partial charge in [0.25, 0.3) is 0 Å². The maximum Gasteiger partial charge on any atom is 0.243 e. The van der Waals surface area contributed by atoms with Crippen LogP contribution in [0.25, 0.3) is 12.2 Å². The first kappa shape index (κ1) is 27.3. The molecule has 0 aromatic heterocycles. The molecule has 8 heteroatoms. The standard InChI is InChI=1S/C29H27Cl2NO4S/c1-21-2-13-26(14-3-21)37(35,36)32-19-18-29(34,17-16-23-6-11-25(31)12-7-23)27(20-32)28(33)15-8-22-4-9-24(30)10-5-22/h2-17,27,34H,18-20H2,1H3/b15-8+,17-16+/t27-,29-/m0/s1. The highest BCUT2D eigenvalue weighted by Crippen LogP contribution is 2.34. The molecule has 1 aliphatic heterocycles. The zero-order valence-corrected chi connectivity index (χ0v) is 22.5.